The number of hydrogen-bond donors (Lipinski definition) is 3. The molecule has 3 aliphatic carbocycles. The monoisotopic (exact) mass is 1080 g/mol. The van der Waals surface area contributed by atoms with E-state index in [4.69, 9.17) is 41.3 Å². The van der Waals surface area contributed by atoms with Crippen molar-refractivity contribution in [1.29, 1.82) is 0 Å². The fourth-order valence-corrected chi connectivity index (χ4v) is 8.82. The van der Waals surface area contributed by atoms with Crippen LogP contribution in [0.15, 0.2) is 51.0 Å². The summed E-state index contributed by atoms with van der Waals surface area (Å²) in [6.45, 7) is -4.73. The molecule has 6 heterocycles. The minimum absolute atomic E-state index is 0. The second kappa shape index (κ2) is 17.1. The van der Waals surface area contributed by atoms with Crippen LogP contribution in [0.3, 0.4) is 0 Å². The van der Waals surface area contributed by atoms with E-state index in [1.807, 2.05) is 10.6 Å². The number of rotatable bonds is 3. The molecule has 0 saturated heterocycles. The van der Waals surface area contributed by atoms with Crippen LogP contribution >= 0.6 is 71.0 Å². The van der Waals surface area contributed by atoms with Gasteiger partial charge in [-0.1, -0.05) is 23.2 Å². The van der Waals surface area contributed by atoms with Crippen molar-refractivity contribution >= 4 is 122 Å². The largest absolute Gasteiger partial charge is 2.00 e. The van der Waals surface area contributed by atoms with E-state index in [0.717, 1.165) is 11.3 Å². The first-order valence-electron chi connectivity index (χ1n) is 19.7. The van der Waals surface area contributed by atoms with Gasteiger partial charge in [0.15, 0.2) is 16.1 Å². The van der Waals surface area contributed by atoms with Crippen molar-refractivity contribution in [2.75, 3.05) is 5.73 Å². The number of carbonyl (C=O) groups excluding carboxylic acids is 1. The molecule has 0 spiro atoms. The van der Waals surface area contributed by atoms with Crippen molar-refractivity contribution in [3.63, 3.8) is 0 Å². The van der Waals surface area contributed by atoms with Gasteiger partial charge in [-0.25, -0.2) is 34.0 Å². The zero-order chi connectivity index (χ0) is 44.3. The van der Waals surface area contributed by atoms with Crippen LogP contribution in [0.25, 0.3) is 16.6 Å². The summed E-state index contributed by atoms with van der Waals surface area (Å²) in [4.78, 5) is 36.2. The number of Topliss-reactive ketones (excluding diaryl/α,β-unsaturated/α-hetero) is 1. The quantitative estimate of drug-likeness (QED) is 0.133. The van der Waals surface area contributed by atoms with Crippen LogP contribution in [0.2, 0.25) is 10.3 Å². The van der Waals surface area contributed by atoms with Crippen molar-refractivity contribution in [3.05, 3.63) is 86.1 Å². The Bertz CT molecular complexity index is 2450. The number of anilines is 1. The molecule has 53 heavy (non-hydrogen) atoms. The molecule has 9 rings (SSSR count). The average molecular weight is 1090 g/mol. The summed E-state index contributed by atoms with van der Waals surface area (Å²) < 4.78 is 68.9. The molecular formula is C33H34Br3Cl2IMgN10O3. The van der Waals surface area contributed by atoms with Gasteiger partial charge in [0, 0.05) is 76.0 Å². The minimum Gasteiger partial charge on any atom is -1.00 e. The molecule has 0 bridgehead atoms. The maximum Gasteiger partial charge on any atom is 2.00 e. The SMILES string of the molecule is O=C1CC(c2nc(Br)c3c(Cl)nccn23)C1.[2H]C([2H])([2H])C1(O)CC(c2nc(Br)c3c(Cl)nccn23)C1.[2H]C([2H])([2H])C1(O)CC(c2nc(Br)c3c(N)nccn23)C1.[2H][C-]([2H])[2H].[I-].[Mg+2]. The number of imidazole rings is 3. The van der Waals surface area contributed by atoms with Crippen molar-refractivity contribution < 1.29 is 51.3 Å². The third-order valence-electron chi connectivity index (χ3n) is 8.94. The van der Waals surface area contributed by atoms with Gasteiger partial charge in [0.2, 0.25) is 0 Å². The zero-order valence-electron chi connectivity index (χ0n) is 36.3. The number of aromatic nitrogens is 9. The second-order valence-electron chi connectivity index (χ2n) is 12.6. The second-order valence-corrected chi connectivity index (χ2v) is 15.6. The van der Waals surface area contributed by atoms with Gasteiger partial charge in [0.05, 0.1) is 11.2 Å². The van der Waals surface area contributed by atoms with Gasteiger partial charge < -0.3 is 47.3 Å². The van der Waals surface area contributed by atoms with E-state index in [1.165, 1.54) is 0 Å². The molecular weight excluding hydrogens is 1050 g/mol. The Morgan fingerprint density at radius 3 is 1.53 bits per heavy atom. The van der Waals surface area contributed by atoms with Gasteiger partial charge >= 0.3 is 23.1 Å². The summed E-state index contributed by atoms with van der Waals surface area (Å²) in [5.41, 5.74) is 4.64. The standard InChI is InChI=1S/C11H11BrClN3O.C11H13BrN4O.C10H7BrClN3O.CH3.HI.Mg/c2*1-11(17)4-6(5-11)10-15-8(12)7-9(13)14-2-3-16(7)10;11-8-7-9(12)13-1-2-15(7)10(14-8)5-3-6(16)4-5;;;/h2-3,6,17H,4-5H2,1H3;2-3,6,17H,4-5H2,1H3,(H2,13,14);1-2,5H,3-4H2;1H3;1H;/q;;;-1;;+2/p-1/i2*1D3;;1D3;;. The molecule has 0 atom stereocenters. The molecule has 6 aromatic rings. The van der Waals surface area contributed by atoms with Crippen molar-refractivity contribution in [1.82, 2.24) is 43.1 Å². The number of halogens is 6. The first-order valence-corrected chi connectivity index (χ1v) is 18.4. The predicted octanol–water partition coefficient (Wildman–Crippen LogP) is 4.14. The van der Waals surface area contributed by atoms with Gasteiger partial charge in [-0.15, -0.1) is 0 Å². The molecule has 0 aromatic carbocycles. The predicted molar refractivity (Wildman–Crippen MR) is 211 cm³/mol. The number of fused-ring (bicyclic) bond motifs is 3. The Kier molecular flexibility index (Phi) is 10.6. The van der Waals surface area contributed by atoms with E-state index in [1.54, 1.807) is 39.8 Å². The van der Waals surface area contributed by atoms with Crippen LogP contribution < -0.4 is 29.7 Å². The molecule has 3 fully saturated rings. The molecule has 0 unspecified atom stereocenters. The number of nitrogens with two attached hydrogens (primary N) is 1. The summed E-state index contributed by atoms with van der Waals surface area (Å²) in [7, 11) is -0.833. The van der Waals surface area contributed by atoms with Crippen molar-refractivity contribution in [2.24, 2.45) is 0 Å². The topological polar surface area (TPSA) is 174 Å². The molecule has 20 heteroatoms. The van der Waals surface area contributed by atoms with Crippen LogP contribution in [0, 0.1) is 7.35 Å². The average Bonchev–Trinajstić information content (AvgIpc) is 3.74. The van der Waals surface area contributed by atoms with Gasteiger partial charge in [-0.05, 0) is 87.2 Å². The van der Waals surface area contributed by atoms with E-state index in [9.17, 15) is 15.0 Å². The molecule has 6 aromatic heterocycles. The maximum atomic E-state index is 11.0. The number of aliphatic hydroxyl groups is 2. The number of hydrogen-bond acceptors (Lipinski definition) is 10. The van der Waals surface area contributed by atoms with Gasteiger partial charge in [0.25, 0.3) is 0 Å². The summed E-state index contributed by atoms with van der Waals surface area (Å²) >= 11 is 22.1. The third kappa shape index (κ3) is 8.85. The maximum absolute atomic E-state index is 11.0. The Morgan fingerprint density at radius 2 is 1.13 bits per heavy atom. The fraction of sp³-hybridized carbons (Fsp3) is 0.394. The molecule has 3 aliphatic rings. The van der Waals surface area contributed by atoms with Gasteiger partial charge in [-0.2, -0.15) is 0 Å². The Morgan fingerprint density at radius 1 is 0.774 bits per heavy atom. The van der Waals surface area contributed by atoms with Crippen LogP contribution in [-0.4, -0.2) is 93.4 Å². The van der Waals surface area contributed by atoms with E-state index in [0.29, 0.717) is 65.5 Å². The first-order chi connectivity index (χ1) is 27.9. The van der Waals surface area contributed by atoms with Crippen LogP contribution in [0.1, 0.15) is 99.8 Å². The molecule has 0 amide bonds. The molecule has 0 radical (unpaired) electrons. The molecule has 0 aliphatic heterocycles. The summed E-state index contributed by atoms with van der Waals surface area (Å²) in [5.74, 6) is 2.89. The van der Waals surface area contributed by atoms with E-state index < -0.39 is 32.3 Å². The Hall–Kier alpha value is -1.23. The number of nitrogens with zero attached hydrogens (tertiary/aromatic N) is 9. The van der Waals surface area contributed by atoms with Gasteiger partial charge in [-0.3, -0.25) is 18.0 Å². The first kappa shape index (κ1) is 32.8. The number of carbonyl (C=O) groups is 1. The van der Waals surface area contributed by atoms with Crippen LogP contribution in [0.5, 0.6) is 0 Å². The van der Waals surface area contributed by atoms with E-state index in [2.05, 4.69) is 77.7 Å². The third-order valence-corrected chi connectivity index (χ3v) is 11.1. The molecule has 4 N–H and O–H groups in total. The fourth-order valence-electron chi connectivity index (χ4n) is 6.42. The molecule has 3 saturated carbocycles. The Balaban J connectivity index is 0.000000194. The van der Waals surface area contributed by atoms with E-state index in [-0.39, 0.29) is 96.2 Å². The summed E-state index contributed by atoms with van der Waals surface area (Å²) in [6, 6.07) is 0. The summed E-state index contributed by atoms with van der Waals surface area (Å²) in [5, 5.41) is 20.9. The van der Waals surface area contributed by atoms with Crippen LogP contribution in [-0.2, 0) is 4.79 Å². The van der Waals surface area contributed by atoms with Crippen LogP contribution in [0.4, 0.5) is 5.82 Å². The normalized spacial score (nSPS) is 26.1. The number of ketones is 1. The van der Waals surface area contributed by atoms with Gasteiger partial charge in [0.1, 0.15) is 53.6 Å². The van der Waals surface area contributed by atoms with Crippen molar-refractivity contribution in [3.8, 4) is 0 Å². The van der Waals surface area contributed by atoms with Crippen molar-refractivity contribution in [2.45, 2.75) is 81.2 Å². The molecule has 13 nitrogen and oxygen atoms in total. The Labute approximate surface area is 386 Å². The smallest absolute Gasteiger partial charge is 1.00 e. The van der Waals surface area contributed by atoms with E-state index >= 15 is 0 Å². The number of nitrogen functional groups attached to an aromatic ring is 1. The minimum atomic E-state index is -2.37. The summed E-state index contributed by atoms with van der Waals surface area (Å²) in [6.07, 6.45) is 11.8. The molecule has 278 valence electrons. The zero-order valence-corrected chi connectivity index (χ0v) is 37.2.